The van der Waals surface area contributed by atoms with Crippen LogP contribution in [0.1, 0.15) is 23.0 Å². The number of carbonyl (C=O) groups excluding carboxylic acids is 1. The molecule has 0 atom stereocenters. The fourth-order valence-electron chi connectivity index (χ4n) is 3.69. The molecule has 0 bridgehead atoms. The highest BCUT2D eigenvalue weighted by atomic mass is 16.6. The lowest BCUT2D eigenvalue weighted by molar-refractivity contribution is 0.0695. The molecule has 12 heteroatoms. The van der Waals surface area contributed by atoms with Gasteiger partial charge in [-0.1, -0.05) is 18.2 Å². The fraction of sp³-hybridized carbons (Fsp3) is 0.222. The smallest absolute Gasteiger partial charge is 0.379 e. The van der Waals surface area contributed by atoms with Crippen LogP contribution < -0.4 is 25.1 Å². The molecule has 1 saturated heterocycles. The number of nitrogens with one attached hydrogen (secondary N) is 2. The molecule has 0 unspecified atom stereocenters. The third-order valence-electron chi connectivity index (χ3n) is 5.52. The number of ether oxygens (including phenoxy) is 3. The summed E-state index contributed by atoms with van der Waals surface area (Å²) in [6.45, 7) is 4.78. The summed E-state index contributed by atoms with van der Waals surface area (Å²) < 4.78 is 21.7. The van der Waals surface area contributed by atoms with Crippen molar-refractivity contribution in [1.82, 2.24) is 15.0 Å². The minimum absolute atomic E-state index is 0.0993. The second-order valence-corrected chi connectivity index (χ2v) is 8.25. The molecule has 39 heavy (non-hydrogen) atoms. The maximum absolute atomic E-state index is 12.3. The monoisotopic (exact) mass is 529 g/mol. The average molecular weight is 530 g/mol. The molecule has 12 nitrogen and oxygen atoms in total. The number of benzene rings is 2. The van der Waals surface area contributed by atoms with Crippen molar-refractivity contribution >= 4 is 35.7 Å². The standard InChI is InChI=1S/C27H27N7O5/c1-2-37-23-17-19(10-11-21(23)39-24(35)22-9-6-14-38-22)18-28-33-26-30-25(29-20-7-4-3-5-8-20)31-27(32-26)34-12-15-36-16-13-34/h3-11,14,17-18H,2,12-13,15-16H2,1H3,(H2,29,30,31,32,33)/b28-18-. The third kappa shape index (κ3) is 6.87. The molecule has 0 saturated carbocycles. The van der Waals surface area contributed by atoms with Crippen LogP contribution in [0.15, 0.2) is 76.4 Å². The zero-order valence-electron chi connectivity index (χ0n) is 21.2. The predicted molar refractivity (Wildman–Crippen MR) is 145 cm³/mol. The summed E-state index contributed by atoms with van der Waals surface area (Å²) in [5.41, 5.74) is 4.44. The number of hydrogen-bond acceptors (Lipinski definition) is 12. The number of rotatable bonds is 10. The van der Waals surface area contributed by atoms with E-state index in [-0.39, 0.29) is 17.5 Å². The van der Waals surface area contributed by atoms with Crippen LogP contribution in [-0.4, -0.2) is 60.0 Å². The zero-order valence-corrected chi connectivity index (χ0v) is 21.2. The molecule has 0 radical (unpaired) electrons. The number of carbonyl (C=O) groups is 1. The minimum atomic E-state index is -0.616. The van der Waals surface area contributed by atoms with Gasteiger partial charge in [0.05, 0.1) is 32.3 Å². The summed E-state index contributed by atoms with van der Waals surface area (Å²) in [4.78, 5) is 27.9. The summed E-state index contributed by atoms with van der Waals surface area (Å²) in [6.07, 6.45) is 2.99. The number of hydrazone groups is 1. The first-order valence-electron chi connectivity index (χ1n) is 12.4. The first-order valence-corrected chi connectivity index (χ1v) is 12.4. The molecule has 2 N–H and O–H groups in total. The number of nitrogens with zero attached hydrogens (tertiary/aromatic N) is 5. The van der Waals surface area contributed by atoms with Crippen molar-refractivity contribution < 1.29 is 23.4 Å². The zero-order chi connectivity index (χ0) is 26.9. The Balaban J connectivity index is 1.32. The number of esters is 1. The van der Waals surface area contributed by atoms with E-state index in [1.165, 1.54) is 12.3 Å². The van der Waals surface area contributed by atoms with Crippen LogP contribution in [0.3, 0.4) is 0 Å². The summed E-state index contributed by atoms with van der Waals surface area (Å²) in [6, 6.07) is 17.9. The lowest BCUT2D eigenvalue weighted by atomic mass is 10.2. The second-order valence-electron chi connectivity index (χ2n) is 8.25. The molecular weight excluding hydrogens is 502 g/mol. The van der Waals surface area contributed by atoms with Gasteiger partial charge in [-0.3, -0.25) is 0 Å². The Hall–Kier alpha value is -4.97. The Bertz CT molecular complexity index is 1410. The lowest BCUT2D eigenvalue weighted by Gasteiger charge is -2.27. The van der Waals surface area contributed by atoms with E-state index >= 15 is 0 Å². The number of furan rings is 1. The first kappa shape index (κ1) is 25.7. The second kappa shape index (κ2) is 12.5. The number of morpholine rings is 1. The molecule has 0 aliphatic carbocycles. The molecular formula is C27H27N7O5. The molecule has 2 aromatic heterocycles. The minimum Gasteiger partial charge on any atom is -0.490 e. The number of hydrogen-bond donors (Lipinski definition) is 2. The van der Waals surface area contributed by atoms with Crippen molar-refractivity contribution in [2.45, 2.75) is 6.92 Å². The quantitative estimate of drug-likeness (QED) is 0.133. The van der Waals surface area contributed by atoms with Crippen molar-refractivity contribution in [1.29, 1.82) is 0 Å². The molecule has 2 aromatic carbocycles. The SMILES string of the molecule is CCOc1cc(/C=N\Nc2nc(Nc3ccccc3)nc(N3CCOCC3)n2)ccc1OC(=O)c1ccco1. The Morgan fingerprint density at radius 1 is 1.03 bits per heavy atom. The van der Waals surface area contributed by atoms with Crippen LogP contribution in [0.4, 0.5) is 23.5 Å². The largest absolute Gasteiger partial charge is 0.490 e. The van der Waals surface area contributed by atoms with Gasteiger partial charge in [-0.15, -0.1) is 0 Å². The van der Waals surface area contributed by atoms with Gasteiger partial charge in [0.25, 0.3) is 0 Å². The summed E-state index contributed by atoms with van der Waals surface area (Å²) >= 11 is 0. The van der Waals surface area contributed by atoms with Gasteiger partial charge >= 0.3 is 5.97 Å². The highest BCUT2D eigenvalue weighted by Crippen LogP contribution is 2.29. The third-order valence-corrected chi connectivity index (χ3v) is 5.52. The molecule has 4 aromatic rings. The van der Waals surface area contributed by atoms with E-state index in [0.29, 0.717) is 56.1 Å². The Labute approximate surface area is 224 Å². The van der Waals surface area contributed by atoms with Crippen LogP contribution in [0.25, 0.3) is 0 Å². The van der Waals surface area contributed by atoms with Gasteiger partial charge in [-0.25, -0.2) is 10.2 Å². The van der Waals surface area contributed by atoms with Gasteiger partial charge in [0.2, 0.25) is 23.6 Å². The molecule has 0 amide bonds. The van der Waals surface area contributed by atoms with Gasteiger partial charge in [0, 0.05) is 18.8 Å². The van der Waals surface area contributed by atoms with Crippen LogP contribution in [-0.2, 0) is 4.74 Å². The Morgan fingerprint density at radius 2 is 1.85 bits per heavy atom. The van der Waals surface area contributed by atoms with Crippen molar-refractivity contribution in [2.75, 3.05) is 48.6 Å². The van der Waals surface area contributed by atoms with Gasteiger partial charge in [-0.05, 0) is 55.0 Å². The van der Waals surface area contributed by atoms with Gasteiger partial charge in [-0.2, -0.15) is 20.1 Å². The number of aromatic nitrogens is 3. The van der Waals surface area contributed by atoms with Crippen molar-refractivity contribution in [2.24, 2.45) is 5.10 Å². The summed E-state index contributed by atoms with van der Waals surface area (Å²) in [7, 11) is 0. The molecule has 5 rings (SSSR count). The van der Waals surface area contributed by atoms with Gasteiger partial charge in [0.1, 0.15) is 0 Å². The van der Waals surface area contributed by atoms with Crippen molar-refractivity contribution in [3.05, 3.63) is 78.3 Å². The summed E-state index contributed by atoms with van der Waals surface area (Å²) in [5, 5.41) is 7.51. The summed E-state index contributed by atoms with van der Waals surface area (Å²) in [5.74, 6) is 1.33. The van der Waals surface area contributed by atoms with E-state index in [1.54, 1.807) is 30.5 Å². The van der Waals surface area contributed by atoms with Crippen molar-refractivity contribution in [3.63, 3.8) is 0 Å². The molecule has 3 heterocycles. The normalized spacial score (nSPS) is 13.3. The number of para-hydroxylation sites is 1. The molecule has 1 aliphatic rings. The molecule has 1 fully saturated rings. The van der Waals surface area contributed by atoms with E-state index in [1.807, 2.05) is 42.2 Å². The van der Waals surface area contributed by atoms with E-state index in [0.717, 1.165) is 5.69 Å². The number of anilines is 4. The predicted octanol–water partition coefficient (Wildman–Crippen LogP) is 4.11. The van der Waals surface area contributed by atoms with Crippen LogP contribution in [0.2, 0.25) is 0 Å². The Kier molecular flexibility index (Phi) is 8.24. The van der Waals surface area contributed by atoms with Crippen molar-refractivity contribution in [3.8, 4) is 11.5 Å². The lowest BCUT2D eigenvalue weighted by Crippen LogP contribution is -2.37. The molecule has 0 spiro atoms. The van der Waals surface area contributed by atoms with Gasteiger partial charge in [0.15, 0.2) is 11.5 Å². The maximum Gasteiger partial charge on any atom is 0.379 e. The highest BCUT2D eigenvalue weighted by Gasteiger charge is 2.17. The maximum atomic E-state index is 12.3. The average Bonchev–Trinajstić information content (AvgIpc) is 3.51. The highest BCUT2D eigenvalue weighted by molar-refractivity contribution is 5.89. The van der Waals surface area contributed by atoms with E-state index in [4.69, 9.17) is 18.6 Å². The van der Waals surface area contributed by atoms with Crippen LogP contribution in [0.5, 0.6) is 11.5 Å². The molecule has 200 valence electrons. The van der Waals surface area contributed by atoms with Gasteiger partial charge < -0.3 is 28.8 Å². The van der Waals surface area contributed by atoms with Crippen LogP contribution >= 0.6 is 0 Å². The van der Waals surface area contributed by atoms with E-state index in [9.17, 15) is 4.79 Å². The van der Waals surface area contributed by atoms with E-state index < -0.39 is 5.97 Å². The topological polar surface area (TPSA) is 136 Å². The fourth-order valence-corrected chi connectivity index (χ4v) is 3.69. The first-order chi connectivity index (χ1) is 19.2. The molecule has 1 aliphatic heterocycles. The van der Waals surface area contributed by atoms with Crippen LogP contribution in [0, 0.1) is 0 Å². The Morgan fingerprint density at radius 3 is 2.62 bits per heavy atom. The van der Waals surface area contributed by atoms with E-state index in [2.05, 4.69) is 30.8 Å².